The van der Waals surface area contributed by atoms with E-state index in [1.165, 1.54) is 25.7 Å². The van der Waals surface area contributed by atoms with E-state index in [0.29, 0.717) is 0 Å². The zero-order valence-electron chi connectivity index (χ0n) is 10.6. The number of halogens is 2. The Labute approximate surface area is 118 Å². The van der Waals surface area contributed by atoms with Crippen LogP contribution in [0, 0.1) is 5.92 Å². The van der Waals surface area contributed by atoms with Crippen LogP contribution in [-0.2, 0) is 0 Å². The normalized spacial score (nSPS) is 12.5. The molecule has 1 nitrogen and oxygen atoms in total. The molecule has 0 aliphatic heterocycles. The van der Waals surface area contributed by atoms with Gasteiger partial charge in [0.2, 0.25) is 0 Å². The summed E-state index contributed by atoms with van der Waals surface area (Å²) in [7, 11) is 0. The average Bonchev–Trinajstić information content (AvgIpc) is 2.34. The minimum atomic E-state index is 0.761. The van der Waals surface area contributed by atoms with Crippen molar-refractivity contribution in [3.8, 4) is 0 Å². The van der Waals surface area contributed by atoms with Crippen LogP contribution in [0.4, 0.5) is 5.69 Å². The minimum absolute atomic E-state index is 0.761. The highest BCUT2D eigenvalue weighted by atomic mass is 79.9. The van der Waals surface area contributed by atoms with Gasteiger partial charge in [-0.2, -0.15) is 0 Å². The van der Waals surface area contributed by atoms with Crippen molar-refractivity contribution >= 4 is 33.2 Å². The smallest absolute Gasteiger partial charge is 0.0568 e. The second-order valence-electron chi connectivity index (χ2n) is 4.43. The van der Waals surface area contributed by atoms with E-state index in [2.05, 4.69) is 41.2 Å². The van der Waals surface area contributed by atoms with Crippen LogP contribution >= 0.6 is 27.5 Å². The molecule has 1 N–H and O–H groups in total. The quantitative estimate of drug-likeness (QED) is 0.677. The van der Waals surface area contributed by atoms with Crippen LogP contribution in [0.25, 0.3) is 0 Å². The summed E-state index contributed by atoms with van der Waals surface area (Å²) in [6, 6.07) is 6.01. The fraction of sp³-hybridized carbons (Fsp3) is 0.571. The molecular weight excluding hydrogens is 298 g/mol. The summed E-state index contributed by atoms with van der Waals surface area (Å²) in [4.78, 5) is 0. The first kappa shape index (κ1) is 14.8. The van der Waals surface area contributed by atoms with Gasteiger partial charge in [0.1, 0.15) is 0 Å². The zero-order valence-corrected chi connectivity index (χ0v) is 12.9. The van der Waals surface area contributed by atoms with Crippen LogP contribution in [0.5, 0.6) is 0 Å². The predicted molar refractivity (Wildman–Crippen MR) is 80.9 cm³/mol. The lowest BCUT2D eigenvalue weighted by Gasteiger charge is -2.16. The molecule has 1 atom stereocenters. The van der Waals surface area contributed by atoms with Crippen molar-refractivity contribution < 1.29 is 0 Å². The highest BCUT2D eigenvalue weighted by molar-refractivity contribution is 9.10. The fourth-order valence-electron chi connectivity index (χ4n) is 1.81. The molecular formula is C14H21BrClN. The molecule has 0 heterocycles. The molecule has 17 heavy (non-hydrogen) atoms. The zero-order chi connectivity index (χ0) is 12.7. The molecule has 0 bridgehead atoms. The molecule has 0 aromatic heterocycles. The Morgan fingerprint density at radius 2 is 2.12 bits per heavy atom. The first-order chi connectivity index (χ1) is 8.17. The Kier molecular flexibility index (Phi) is 6.98. The molecule has 0 aliphatic carbocycles. The van der Waals surface area contributed by atoms with Gasteiger partial charge in [-0.15, -0.1) is 0 Å². The van der Waals surface area contributed by atoms with Crippen LogP contribution in [-0.4, -0.2) is 6.54 Å². The molecule has 0 aliphatic rings. The van der Waals surface area contributed by atoms with Gasteiger partial charge in [0, 0.05) is 16.7 Å². The number of unbranched alkanes of at least 4 members (excludes halogenated alkanes) is 1. The van der Waals surface area contributed by atoms with E-state index in [9.17, 15) is 0 Å². The standard InChI is InChI=1S/C14H21BrClN/c1-3-5-6-11(4-2)10-17-12-7-8-13(15)14(16)9-12/h7-9,11,17H,3-6,10H2,1-2H3. The van der Waals surface area contributed by atoms with Crippen molar-refractivity contribution in [3.63, 3.8) is 0 Å². The van der Waals surface area contributed by atoms with Crippen molar-refractivity contribution in [2.24, 2.45) is 5.92 Å². The summed E-state index contributed by atoms with van der Waals surface area (Å²) in [5, 5.41) is 4.23. The largest absolute Gasteiger partial charge is 0.385 e. The van der Waals surface area contributed by atoms with Crippen LogP contribution in [0.3, 0.4) is 0 Å². The van der Waals surface area contributed by atoms with Crippen molar-refractivity contribution in [3.05, 3.63) is 27.7 Å². The third-order valence-corrected chi connectivity index (χ3v) is 4.29. The number of anilines is 1. The molecule has 96 valence electrons. The van der Waals surface area contributed by atoms with E-state index in [1.807, 2.05) is 12.1 Å². The lowest BCUT2D eigenvalue weighted by Crippen LogP contribution is -2.13. The molecule has 1 rings (SSSR count). The van der Waals surface area contributed by atoms with Crippen molar-refractivity contribution in [2.75, 3.05) is 11.9 Å². The fourth-order valence-corrected chi connectivity index (χ4v) is 2.24. The first-order valence-corrected chi connectivity index (χ1v) is 7.53. The number of hydrogen-bond donors (Lipinski definition) is 1. The molecule has 1 aromatic rings. The summed E-state index contributed by atoms with van der Waals surface area (Å²) >= 11 is 9.46. The highest BCUT2D eigenvalue weighted by Gasteiger charge is 2.06. The predicted octanol–water partition coefficient (Wildman–Crippen LogP) is 5.73. The Morgan fingerprint density at radius 3 is 2.71 bits per heavy atom. The summed E-state index contributed by atoms with van der Waals surface area (Å²) in [5.41, 5.74) is 1.10. The minimum Gasteiger partial charge on any atom is -0.385 e. The number of hydrogen-bond acceptors (Lipinski definition) is 1. The molecule has 3 heteroatoms. The third kappa shape index (κ3) is 5.31. The van der Waals surface area contributed by atoms with E-state index >= 15 is 0 Å². The molecule has 1 unspecified atom stereocenters. The van der Waals surface area contributed by atoms with Gasteiger partial charge < -0.3 is 5.32 Å². The van der Waals surface area contributed by atoms with Crippen LogP contribution in [0.15, 0.2) is 22.7 Å². The van der Waals surface area contributed by atoms with Crippen molar-refractivity contribution in [2.45, 2.75) is 39.5 Å². The van der Waals surface area contributed by atoms with E-state index in [4.69, 9.17) is 11.6 Å². The van der Waals surface area contributed by atoms with Gasteiger partial charge in [0.05, 0.1) is 5.02 Å². The Morgan fingerprint density at radius 1 is 1.35 bits per heavy atom. The number of benzene rings is 1. The van der Waals surface area contributed by atoms with E-state index in [1.54, 1.807) is 0 Å². The number of nitrogens with one attached hydrogen (secondary N) is 1. The molecule has 0 spiro atoms. The Balaban J connectivity index is 2.45. The molecule has 0 amide bonds. The Bertz CT molecular complexity index is 341. The lowest BCUT2D eigenvalue weighted by atomic mass is 9.99. The molecule has 0 saturated carbocycles. The van der Waals surface area contributed by atoms with Gasteiger partial charge >= 0.3 is 0 Å². The van der Waals surface area contributed by atoms with Gasteiger partial charge in [-0.05, 0) is 46.5 Å². The Hall–Kier alpha value is -0.210. The third-order valence-electron chi connectivity index (χ3n) is 3.06. The molecule has 0 radical (unpaired) electrons. The summed E-state index contributed by atoms with van der Waals surface area (Å²) < 4.78 is 0.947. The summed E-state index contributed by atoms with van der Waals surface area (Å²) in [6.45, 7) is 5.54. The molecule has 0 fully saturated rings. The van der Waals surface area contributed by atoms with Crippen LogP contribution in [0.1, 0.15) is 39.5 Å². The van der Waals surface area contributed by atoms with Gasteiger partial charge in [-0.1, -0.05) is 44.7 Å². The molecule has 0 saturated heterocycles. The van der Waals surface area contributed by atoms with E-state index in [-0.39, 0.29) is 0 Å². The van der Waals surface area contributed by atoms with Crippen molar-refractivity contribution in [1.82, 2.24) is 0 Å². The lowest BCUT2D eigenvalue weighted by molar-refractivity contribution is 0.473. The van der Waals surface area contributed by atoms with Crippen molar-refractivity contribution in [1.29, 1.82) is 0 Å². The van der Waals surface area contributed by atoms with Crippen LogP contribution in [0.2, 0.25) is 5.02 Å². The van der Waals surface area contributed by atoms with Gasteiger partial charge in [-0.25, -0.2) is 0 Å². The first-order valence-electron chi connectivity index (χ1n) is 6.36. The monoisotopic (exact) mass is 317 g/mol. The second kappa shape index (κ2) is 7.99. The molecule has 1 aromatic carbocycles. The maximum Gasteiger partial charge on any atom is 0.0568 e. The average molecular weight is 319 g/mol. The highest BCUT2D eigenvalue weighted by Crippen LogP contribution is 2.26. The van der Waals surface area contributed by atoms with Gasteiger partial charge in [-0.3, -0.25) is 0 Å². The van der Waals surface area contributed by atoms with Gasteiger partial charge in [0.25, 0.3) is 0 Å². The SMILES string of the molecule is CCCCC(CC)CNc1ccc(Br)c(Cl)c1. The van der Waals surface area contributed by atoms with Gasteiger partial charge in [0.15, 0.2) is 0 Å². The van der Waals surface area contributed by atoms with E-state index in [0.717, 1.165) is 27.6 Å². The summed E-state index contributed by atoms with van der Waals surface area (Å²) in [5.74, 6) is 0.761. The maximum atomic E-state index is 6.06. The summed E-state index contributed by atoms with van der Waals surface area (Å²) in [6.07, 6.45) is 5.14. The van der Waals surface area contributed by atoms with Crippen LogP contribution < -0.4 is 5.32 Å². The second-order valence-corrected chi connectivity index (χ2v) is 5.69. The van der Waals surface area contributed by atoms with E-state index < -0.39 is 0 Å². The maximum absolute atomic E-state index is 6.06. The topological polar surface area (TPSA) is 12.0 Å². The number of rotatable bonds is 7.